The van der Waals surface area contributed by atoms with Crippen molar-refractivity contribution in [1.82, 2.24) is 0 Å². The van der Waals surface area contributed by atoms with Gasteiger partial charge >= 0.3 is 0 Å². The summed E-state index contributed by atoms with van der Waals surface area (Å²) in [7, 11) is 0. The molecule has 0 N–H and O–H groups in total. The Bertz CT molecular complexity index is 541. The highest BCUT2D eigenvalue weighted by Gasteiger charge is 2.18. The van der Waals surface area contributed by atoms with Crippen molar-refractivity contribution in [2.75, 3.05) is 0 Å². The Morgan fingerprint density at radius 1 is 0.941 bits per heavy atom. The summed E-state index contributed by atoms with van der Waals surface area (Å²) in [5.74, 6) is 0. The minimum absolute atomic E-state index is 0.0272. The Balaban J connectivity index is 2.68. The van der Waals surface area contributed by atoms with Crippen molar-refractivity contribution < 1.29 is 8.78 Å². The van der Waals surface area contributed by atoms with E-state index in [4.69, 9.17) is 11.6 Å². The van der Waals surface area contributed by atoms with E-state index in [2.05, 4.69) is 15.9 Å². The molecule has 0 aliphatic heterocycles. The average molecular weight is 318 g/mol. The SMILES string of the molecule is FC(F)c1c(Br)cccc1-c1ccccc1Cl. The van der Waals surface area contributed by atoms with E-state index in [1.54, 1.807) is 42.5 Å². The molecule has 0 aromatic heterocycles. The number of hydrogen-bond donors (Lipinski definition) is 0. The van der Waals surface area contributed by atoms with Crippen LogP contribution >= 0.6 is 27.5 Å². The molecule has 0 aliphatic carbocycles. The second-order valence-corrected chi connectivity index (χ2v) is 4.74. The van der Waals surface area contributed by atoms with E-state index >= 15 is 0 Å². The highest BCUT2D eigenvalue weighted by molar-refractivity contribution is 9.10. The Labute approximate surface area is 111 Å². The molecule has 0 heterocycles. The highest BCUT2D eigenvalue weighted by atomic mass is 79.9. The number of alkyl halides is 2. The van der Waals surface area contributed by atoms with E-state index in [9.17, 15) is 8.78 Å². The van der Waals surface area contributed by atoms with Gasteiger partial charge in [-0.05, 0) is 17.7 Å². The molecule has 0 bridgehead atoms. The van der Waals surface area contributed by atoms with Crippen LogP contribution in [0.25, 0.3) is 11.1 Å². The van der Waals surface area contributed by atoms with Gasteiger partial charge < -0.3 is 0 Å². The lowest BCUT2D eigenvalue weighted by Crippen LogP contribution is -1.92. The van der Waals surface area contributed by atoms with Crippen LogP contribution in [0.3, 0.4) is 0 Å². The maximum Gasteiger partial charge on any atom is 0.265 e. The first-order valence-electron chi connectivity index (χ1n) is 4.92. The molecule has 0 radical (unpaired) electrons. The second kappa shape index (κ2) is 5.15. The minimum atomic E-state index is -2.54. The van der Waals surface area contributed by atoms with Crippen LogP contribution in [-0.2, 0) is 0 Å². The van der Waals surface area contributed by atoms with Gasteiger partial charge in [0.25, 0.3) is 6.43 Å². The van der Waals surface area contributed by atoms with Crippen LogP contribution in [0.15, 0.2) is 46.9 Å². The largest absolute Gasteiger partial charge is 0.265 e. The lowest BCUT2D eigenvalue weighted by Gasteiger charge is -2.12. The van der Waals surface area contributed by atoms with Gasteiger partial charge in [0.1, 0.15) is 0 Å². The Hall–Kier alpha value is -0.930. The standard InChI is InChI=1S/C13H8BrClF2/c14-10-6-3-5-9(12(10)13(16)17)8-4-1-2-7-11(8)15/h1-7,13H. The predicted octanol–water partition coefficient (Wildman–Crippen LogP) is 5.71. The van der Waals surface area contributed by atoms with Crippen molar-refractivity contribution in [2.45, 2.75) is 6.43 Å². The highest BCUT2D eigenvalue weighted by Crippen LogP contribution is 2.38. The number of benzene rings is 2. The first kappa shape index (κ1) is 12.5. The molecular weight excluding hydrogens is 309 g/mol. The van der Waals surface area contributed by atoms with E-state index in [-0.39, 0.29) is 5.56 Å². The maximum absolute atomic E-state index is 13.0. The Morgan fingerprint density at radius 2 is 1.59 bits per heavy atom. The predicted molar refractivity (Wildman–Crippen MR) is 69.5 cm³/mol. The van der Waals surface area contributed by atoms with Gasteiger partial charge in [-0.2, -0.15) is 0 Å². The summed E-state index contributed by atoms with van der Waals surface area (Å²) in [6.07, 6.45) is -2.54. The van der Waals surface area contributed by atoms with Crippen molar-refractivity contribution in [3.8, 4) is 11.1 Å². The number of halogens is 4. The van der Waals surface area contributed by atoms with Crippen LogP contribution in [0.2, 0.25) is 5.02 Å². The third kappa shape index (κ3) is 2.50. The van der Waals surface area contributed by atoms with E-state index in [1.807, 2.05) is 0 Å². The molecule has 2 rings (SSSR count). The summed E-state index contributed by atoms with van der Waals surface area (Å²) in [6.45, 7) is 0. The van der Waals surface area contributed by atoms with Gasteiger partial charge in [-0.3, -0.25) is 0 Å². The summed E-state index contributed by atoms with van der Waals surface area (Å²) in [5, 5.41) is 0.465. The number of hydrogen-bond acceptors (Lipinski definition) is 0. The average Bonchev–Trinajstić information content (AvgIpc) is 2.28. The van der Waals surface area contributed by atoms with Gasteiger partial charge in [0.15, 0.2) is 0 Å². The fraction of sp³-hybridized carbons (Fsp3) is 0.0769. The molecule has 4 heteroatoms. The summed E-state index contributed by atoms with van der Waals surface area (Å²) >= 11 is 9.17. The molecule has 0 saturated carbocycles. The normalized spacial score (nSPS) is 10.9. The topological polar surface area (TPSA) is 0 Å². The van der Waals surface area contributed by atoms with Crippen molar-refractivity contribution >= 4 is 27.5 Å². The van der Waals surface area contributed by atoms with Crippen LogP contribution < -0.4 is 0 Å². The summed E-state index contributed by atoms with van der Waals surface area (Å²) in [5.41, 5.74) is 1.05. The smallest absolute Gasteiger partial charge is 0.205 e. The van der Waals surface area contributed by atoms with E-state index in [0.717, 1.165) is 0 Å². The molecule has 88 valence electrons. The van der Waals surface area contributed by atoms with Crippen LogP contribution in [0.1, 0.15) is 12.0 Å². The van der Waals surface area contributed by atoms with Gasteiger partial charge in [-0.25, -0.2) is 8.78 Å². The molecule has 0 fully saturated rings. The molecule has 0 amide bonds. The first-order valence-corrected chi connectivity index (χ1v) is 6.10. The van der Waals surface area contributed by atoms with Crippen molar-refractivity contribution in [3.63, 3.8) is 0 Å². The zero-order valence-electron chi connectivity index (χ0n) is 8.63. The fourth-order valence-corrected chi connectivity index (χ4v) is 2.45. The van der Waals surface area contributed by atoms with E-state index in [0.29, 0.717) is 20.6 Å². The van der Waals surface area contributed by atoms with Gasteiger partial charge in [0, 0.05) is 20.6 Å². The van der Waals surface area contributed by atoms with Crippen LogP contribution in [0.4, 0.5) is 8.78 Å². The fourth-order valence-electron chi connectivity index (χ4n) is 1.67. The summed E-state index contributed by atoms with van der Waals surface area (Å²) < 4.78 is 26.5. The quantitative estimate of drug-likeness (QED) is 0.666. The first-order chi connectivity index (χ1) is 8.11. The molecule has 17 heavy (non-hydrogen) atoms. The van der Waals surface area contributed by atoms with E-state index < -0.39 is 6.43 Å². The Kier molecular flexibility index (Phi) is 3.79. The molecule has 0 saturated heterocycles. The van der Waals surface area contributed by atoms with Crippen molar-refractivity contribution in [1.29, 1.82) is 0 Å². The number of rotatable bonds is 2. The van der Waals surface area contributed by atoms with Gasteiger partial charge in [0.2, 0.25) is 0 Å². The van der Waals surface area contributed by atoms with Crippen LogP contribution in [0.5, 0.6) is 0 Å². The monoisotopic (exact) mass is 316 g/mol. The van der Waals surface area contributed by atoms with Gasteiger partial charge in [-0.1, -0.05) is 57.9 Å². The minimum Gasteiger partial charge on any atom is -0.205 e. The van der Waals surface area contributed by atoms with E-state index in [1.165, 1.54) is 0 Å². The third-order valence-corrected chi connectivity index (χ3v) is 3.46. The van der Waals surface area contributed by atoms with Gasteiger partial charge in [0.05, 0.1) is 0 Å². The molecule has 2 aromatic carbocycles. The zero-order valence-corrected chi connectivity index (χ0v) is 11.0. The maximum atomic E-state index is 13.0. The summed E-state index contributed by atoms with van der Waals surface area (Å²) in [4.78, 5) is 0. The molecule has 0 nitrogen and oxygen atoms in total. The second-order valence-electron chi connectivity index (χ2n) is 3.48. The van der Waals surface area contributed by atoms with Crippen molar-refractivity contribution in [3.05, 3.63) is 57.5 Å². The molecule has 0 unspecified atom stereocenters. The molecule has 2 aromatic rings. The molecular formula is C13H8BrClF2. The lowest BCUT2D eigenvalue weighted by molar-refractivity contribution is 0.151. The zero-order chi connectivity index (χ0) is 12.4. The van der Waals surface area contributed by atoms with Crippen LogP contribution in [0, 0.1) is 0 Å². The third-order valence-electron chi connectivity index (χ3n) is 2.44. The van der Waals surface area contributed by atoms with Crippen LogP contribution in [-0.4, -0.2) is 0 Å². The molecule has 0 aliphatic rings. The summed E-state index contributed by atoms with van der Waals surface area (Å²) in [6, 6.07) is 11.9. The Morgan fingerprint density at radius 3 is 2.24 bits per heavy atom. The van der Waals surface area contributed by atoms with Gasteiger partial charge in [-0.15, -0.1) is 0 Å². The molecule has 0 spiro atoms. The van der Waals surface area contributed by atoms with Crippen molar-refractivity contribution in [2.24, 2.45) is 0 Å². The molecule has 0 atom stereocenters. The lowest BCUT2D eigenvalue weighted by atomic mass is 10.00.